The molecular formula is C19H27N3O2. The van der Waals surface area contributed by atoms with E-state index in [2.05, 4.69) is 41.0 Å². The molecule has 0 unspecified atom stereocenters. The molecule has 24 heavy (non-hydrogen) atoms. The van der Waals surface area contributed by atoms with E-state index in [-0.39, 0.29) is 0 Å². The van der Waals surface area contributed by atoms with E-state index in [4.69, 9.17) is 9.47 Å². The van der Waals surface area contributed by atoms with Crippen LogP contribution < -0.4 is 9.47 Å². The van der Waals surface area contributed by atoms with E-state index in [0.717, 1.165) is 43.2 Å². The van der Waals surface area contributed by atoms with Gasteiger partial charge in [0.05, 0.1) is 19.8 Å². The van der Waals surface area contributed by atoms with E-state index in [9.17, 15) is 0 Å². The van der Waals surface area contributed by atoms with Gasteiger partial charge in [0.15, 0.2) is 0 Å². The maximum atomic E-state index is 5.54. The molecule has 2 rings (SSSR count). The highest BCUT2D eigenvalue weighted by atomic mass is 16.5. The van der Waals surface area contributed by atoms with Crippen molar-refractivity contribution in [3.05, 3.63) is 53.9 Å². The van der Waals surface area contributed by atoms with Crippen molar-refractivity contribution < 1.29 is 9.47 Å². The number of aromatic nitrogens is 1. The molecule has 0 N–H and O–H groups in total. The average Bonchev–Trinajstić information content (AvgIpc) is 2.60. The van der Waals surface area contributed by atoms with Gasteiger partial charge in [0.25, 0.3) is 0 Å². The number of methoxy groups -OCH3 is 2. The first-order chi connectivity index (χ1) is 11.6. The summed E-state index contributed by atoms with van der Waals surface area (Å²) >= 11 is 0. The zero-order valence-electron chi connectivity index (χ0n) is 15.0. The second-order valence-corrected chi connectivity index (χ2v) is 6.01. The molecule has 0 bridgehead atoms. The summed E-state index contributed by atoms with van der Waals surface area (Å²) < 4.78 is 11.1. The molecule has 0 aliphatic carbocycles. The fourth-order valence-electron chi connectivity index (χ4n) is 2.61. The van der Waals surface area contributed by atoms with Crippen LogP contribution in [0.25, 0.3) is 0 Å². The summed E-state index contributed by atoms with van der Waals surface area (Å²) in [6, 6.07) is 10.0. The van der Waals surface area contributed by atoms with Crippen molar-refractivity contribution in [2.45, 2.75) is 13.1 Å². The van der Waals surface area contributed by atoms with Crippen LogP contribution >= 0.6 is 0 Å². The van der Waals surface area contributed by atoms with Gasteiger partial charge in [0.2, 0.25) is 0 Å². The molecule has 1 heterocycles. The van der Waals surface area contributed by atoms with Gasteiger partial charge in [-0.1, -0.05) is 6.07 Å². The SMILES string of the molecule is COc1cccc(OC)c1CN(CCN(C)C)Cc1ccncc1. The Morgan fingerprint density at radius 3 is 2.04 bits per heavy atom. The van der Waals surface area contributed by atoms with Crippen molar-refractivity contribution >= 4 is 0 Å². The van der Waals surface area contributed by atoms with Gasteiger partial charge in [-0.05, 0) is 43.9 Å². The molecule has 0 saturated carbocycles. The number of rotatable bonds is 9. The Balaban J connectivity index is 2.21. The van der Waals surface area contributed by atoms with E-state index >= 15 is 0 Å². The normalized spacial score (nSPS) is 11.1. The predicted molar refractivity (Wildman–Crippen MR) is 96.5 cm³/mol. The van der Waals surface area contributed by atoms with Crippen LogP contribution in [0.15, 0.2) is 42.7 Å². The maximum absolute atomic E-state index is 5.54. The van der Waals surface area contributed by atoms with Crippen LogP contribution in [0.2, 0.25) is 0 Å². The van der Waals surface area contributed by atoms with E-state index < -0.39 is 0 Å². The van der Waals surface area contributed by atoms with E-state index in [1.807, 2.05) is 30.6 Å². The molecule has 130 valence electrons. The monoisotopic (exact) mass is 329 g/mol. The molecule has 5 heteroatoms. The highest BCUT2D eigenvalue weighted by Crippen LogP contribution is 2.29. The summed E-state index contributed by atoms with van der Waals surface area (Å²) in [5, 5.41) is 0. The number of likely N-dealkylation sites (N-methyl/N-ethyl adjacent to an activating group) is 1. The van der Waals surface area contributed by atoms with Gasteiger partial charge < -0.3 is 14.4 Å². The van der Waals surface area contributed by atoms with Crippen LogP contribution in [0.5, 0.6) is 11.5 Å². The van der Waals surface area contributed by atoms with Crippen molar-refractivity contribution in [1.82, 2.24) is 14.8 Å². The van der Waals surface area contributed by atoms with Crippen LogP contribution in [0, 0.1) is 0 Å². The van der Waals surface area contributed by atoms with Gasteiger partial charge in [-0.25, -0.2) is 0 Å². The van der Waals surface area contributed by atoms with Crippen LogP contribution in [0.3, 0.4) is 0 Å². The molecule has 1 aromatic carbocycles. The summed E-state index contributed by atoms with van der Waals surface area (Å²) in [5.74, 6) is 1.72. The Labute approximate surface area is 144 Å². The number of hydrogen-bond acceptors (Lipinski definition) is 5. The summed E-state index contributed by atoms with van der Waals surface area (Å²) in [4.78, 5) is 8.69. The molecule has 0 amide bonds. The van der Waals surface area contributed by atoms with Crippen LogP contribution in [0.4, 0.5) is 0 Å². The largest absolute Gasteiger partial charge is 0.496 e. The number of ether oxygens (including phenoxy) is 2. The topological polar surface area (TPSA) is 37.8 Å². The molecule has 0 saturated heterocycles. The molecule has 2 aromatic rings. The fraction of sp³-hybridized carbons (Fsp3) is 0.421. The quantitative estimate of drug-likeness (QED) is 0.707. The Morgan fingerprint density at radius 1 is 0.875 bits per heavy atom. The number of nitrogens with zero attached hydrogens (tertiary/aromatic N) is 3. The summed E-state index contributed by atoms with van der Waals surface area (Å²) in [5.41, 5.74) is 2.33. The lowest BCUT2D eigenvalue weighted by molar-refractivity contribution is 0.220. The molecule has 0 fully saturated rings. The van der Waals surface area contributed by atoms with E-state index in [1.54, 1.807) is 14.2 Å². The standard InChI is InChI=1S/C19H27N3O2/c1-21(2)12-13-22(14-16-8-10-20-11-9-16)15-17-18(23-3)6-5-7-19(17)24-4/h5-11H,12-15H2,1-4H3. The molecule has 1 aromatic heterocycles. The number of benzene rings is 1. The van der Waals surface area contributed by atoms with Crippen LogP contribution in [0.1, 0.15) is 11.1 Å². The van der Waals surface area contributed by atoms with Gasteiger partial charge in [-0.3, -0.25) is 9.88 Å². The molecule has 0 spiro atoms. The highest BCUT2D eigenvalue weighted by Gasteiger charge is 2.15. The molecule has 0 aliphatic heterocycles. The third-order valence-corrected chi connectivity index (χ3v) is 3.93. The fourth-order valence-corrected chi connectivity index (χ4v) is 2.61. The first-order valence-electron chi connectivity index (χ1n) is 8.10. The zero-order valence-corrected chi connectivity index (χ0v) is 15.0. The van der Waals surface area contributed by atoms with E-state index in [0.29, 0.717) is 0 Å². The lowest BCUT2D eigenvalue weighted by Crippen LogP contribution is -2.31. The molecule has 5 nitrogen and oxygen atoms in total. The van der Waals surface area contributed by atoms with Gasteiger partial charge in [0.1, 0.15) is 11.5 Å². The minimum absolute atomic E-state index is 0.767. The maximum Gasteiger partial charge on any atom is 0.127 e. The minimum atomic E-state index is 0.767. The molecule has 0 atom stereocenters. The Morgan fingerprint density at radius 2 is 1.50 bits per heavy atom. The Kier molecular flexibility index (Phi) is 7.03. The third-order valence-electron chi connectivity index (χ3n) is 3.93. The van der Waals surface area contributed by atoms with Crippen LogP contribution in [-0.4, -0.2) is 56.2 Å². The zero-order chi connectivity index (χ0) is 17.4. The lowest BCUT2D eigenvalue weighted by Gasteiger charge is -2.26. The molecule has 0 aliphatic rings. The van der Waals surface area contributed by atoms with Crippen molar-refractivity contribution in [3.8, 4) is 11.5 Å². The van der Waals surface area contributed by atoms with Crippen molar-refractivity contribution in [3.63, 3.8) is 0 Å². The summed E-state index contributed by atoms with van der Waals surface area (Å²) in [6.45, 7) is 3.57. The summed E-state index contributed by atoms with van der Waals surface area (Å²) in [6.07, 6.45) is 3.67. The third kappa shape index (κ3) is 5.22. The van der Waals surface area contributed by atoms with E-state index in [1.165, 1.54) is 5.56 Å². The van der Waals surface area contributed by atoms with Crippen molar-refractivity contribution in [2.75, 3.05) is 41.4 Å². The van der Waals surface area contributed by atoms with Gasteiger partial charge in [-0.15, -0.1) is 0 Å². The van der Waals surface area contributed by atoms with Crippen molar-refractivity contribution in [1.29, 1.82) is 0 Å². The smallest absolute Gasteiger partial charge is 0.127 e. The molecular weight excluding hydrogens is 302 g/mol. The Hall–Kier alpha value is -2.11. The lowest BCUT2D eigenvalue weighted by atomic mass is 10.1. The second-order valence-electron chi connectivity index (χ2n) is 6.01. The highest BCUT2D eigenvalue weighted by molar-refractivity contribution is 5.44. The second kappa shape index (κ2) is 9.25. The number of pyridine rings is 1. The van der Waals surface area contributed by atoms with Gasteiger partial charge >= 0.3 is 0 Å². The molecule has 0 radical (unpaired) electrons. The van der Waals surface area contributed by atoms with Gasteiger partial charge in [-0.2, -0.15) is 0 Å². The predicted octanol–water partition coefficient (Wildman–Crippen LogP) is 2.66. The average molecular weight is 329 g/mol. The minimum Gasteiger partial charge on any atom is -0.496 e. The first-order valence-corrected chi connectivity index (χ1v) is 8.10. The van der Waals surface area contributed by atoms with Crippen LogP contribution in [-0.2, 0) is 13.1 Å². The number of hydrogen-bond donors (Lipinski definition) is 0. The summed E-state index contributed by atoms with van der Waals surface area (Å²) in [7, 11) is 7.58. The van der Waals surface area contributed by atoms with Gasteiger partial charge in [0, 0.05) is 38.6 Å². The Bertz CT molecular complexity index is 595. The first kappa shape index (κ1) is 18.2. The van der Waals surface area contributed by atoms with Crippen molar-refractivity contribution in [2.24, 2.45) is 0 Å².